The van der Waals surface area contributed by atoms with Crippen LogP contribution in [0.4, 0.5) is 0 Å². The highest BCUT2D eigenvalue weighted by molar-refractivity contribution is 5.77. The highest BCUT2D eigenvalue weighted by Gasteiger charge is 2.25. The molecule has 2 heterocycles. The number of nitrogens with zero attached hydrogens (tertiary/aromatic N) is 2. The van der Waals surface area contributed by atoms with Gasteiger partial charge in [0.15, 0.2) is 0 Å². The fraction of sp³-hybridized carbons (Fsp3) is 0.304. The molecule has 150 valence electrons. The molecule has 4 rings (SSSR count). The highest BCUT2D eigenvalue weighted by Crippen LogP contribution is 2.25. The van der Waals surface area contributed by atoms with E-state index < -0.39 is 0 Å². The van der Waals surface area contributed by atoms with E-state index in [0.29, 0.717) is 19.8 Å². The number of hydrogen-bond acceptors (Lipinski definition) is 4. The third-order valence-corrected chi connectivity index (χ3v) is 4.88. The van der Waals surface area contributed by atoms with Crippen molar-refractivity contribution in [1.82, 2.24) is 15.1 Å². The van der Waals surface area contributed by atoms with Gasteiger partial charge >= 0.3 is 0 Å². The van der Waals surface area contributed by atoms with Crippen molar-refractivity contribution in [3.05, 3.63) is 89.2 Å². The maximum Gasteiger partial charge on any atom is 0.246 e. The van der Waals surface area contributed by atoms with Gasteiger partial charge in [-0.3, -0.25) is 9.48 Å². The van der Waals surface area contributed by atoms with Crippen LogP contribution in [-0.2, 0) is 33.8 Å². The van der Waals surface area contributed by atoms with Crippen molar-refractivity contribution >= 4 is 5.91 Å². The summed E-state index contributed by atoms with van der Waals surface area (Å²) in [5.41, 5.74) is 4.35. The third-order valence-electron chi connectivity index (χ3n) is 4.88. The molecule has 1 aromatic heterocycles. The molecule has 3 aromatic rings. The van der Waals surface area contributed by atoms with Crippen molar-refractivity contribution in [2.75, 3.05) is 19.8 Å². The average molecular weight is 391 g/mol. The maximum absolute atomic E-state index is 12.1. The number of hydrogen-bond donors (Lipinski definition) is 1. The molecule has 6 heteroatoms. The van der Waals surface area contributed by atoms with Crippen LogP contribution in [0.25, 0.3) is 0 Å². The van der Waals surface area contributed by atoms with E-state index in [0.717, 1.165) is 24.2 Å². The van der Waals surface area contributed by atoms with E-state index >= 15 is 0 Å². The topological polar surface area (TPSA) is 65.4 Å². The van der Waals surface area contributed by atoms with E-state index in [2.05, 4.69) is 23.6 Å². The van der Waals surface area contributed by atoms with E-state index in [4.69, 9.17) is 14.6 Å². The van der Waals surface area contributed by atoms with E-state index in [1.165, 1.54) is 11.1 Å². The number of fused-ring (bicyclic) bond motifs is 1. The van der Waals surface area contributed by atoms with E-state index in [1.807, 2.05) is 53.2 Å². The molecule has 0 saturated heterocycles. The summed E-state index contributed by atoms with van der Waals surface area (Å²) in [4.78, 5) is 12.1. The highest BCUT2D eigenvalue weighted by atomic mass is 16.5. The predicted octanol–water partition coefficient (Wildman–Crippen LogP) is 2.88. The number of amides is 1. The minimum absolute atomic E-state index is 0.0247. The molecule has 0 bridgehead atoms. The summed E-state index contributed by atoms with van der Waals surface area (Å²) >= 11 is 0. The number of aromatic nitrogens is 2. The minimum Gasteiger partial charge on any atom is -0.370 e. The molecule has 1 amide bonds. The number of rotatable bonds is 8. The Balaban J connectivity index is 1.28. The molecule has 1 N–H and O–H groups in total. The normalized spacial score (nSPS) is 15.7. The molecule has 1 aliphatic rings. The molecule has 0 radical (unpaired) electrons. The first-order valence-electron chi connectivity index (χ1n) is 9.88. The molecule has 6 nitrogen and oxygen atoms in total. The Labute approximate surface area is 170 Å². The number of carbonyl (C=O) groups excluding carboxylic acids is 1. The zero-order valence-electron chi connectivity index (χ0n) is 16.3. The third kappa shape index (κ3) is 5.31. The van der Waals surface area contributed by atoms with Gasteiger partial charge in [0.2, 0.25) is 5.91 Å². The van der Waals surface area contributed by atoms with Gasteiger partial charge in [-0.2, -0.15) is 5.10 Å². The summed E-state index contributed by atoms with van der Waals surface area (Å²) in [5, 5.41) is 7.62. The minimum atomic E-state index is -0.228. The van der Waals surface area contributed by atoms with Gasteiger partial charge in [0.1, 0.15) is 12.7 Å². The first-order valence-corrected chi connectivity index (χ1v) is 9.88. The lowest BCUT2D eigenvalue weighted by Crippen LogP contribution is -2.34. The van der Waals surface area contributed by atoms with E-state index in [1.54, 1.807) is 0 Å². The van der Waals surface area contributed by atoms with Crippen molar-refractivity contribution in [3.63, 3.8) is 0 Å². The molecule has 0 unspecified atom stereocenters. The molecule has 1 aliphatic heterocycles. The van der Waals surface area contributed by atoms with Crippen molar-refractivity contribution in [1.29, 1.82) is 0 Å². The monoisotopic (exact) mass is 391 g/mol. The van der Waals surface area contributed by atoms with Crippen LogP contribution in [0.3, 0.4) is 0 Å². The number of ether oxygens (including phenoxy) is 2. The summed E-state index contributed by atoms with van der Waals surface area (Å²) in [7, 11) is 0. The van der Waals surface area contributed by atoms with Crippen LogP contribution >= 0.6 is 0 Å². The van der Waals surface area contributed by atoms with Gasteiger partial charge in [0, 0.05) is 12.7 Å². The van der Waals surface area contributed by atoms with Crippen LogP contribution in [-0.4, -0.2) is 35.4 Å². The van der Waals surface area contributed by atoms with Crippen LogP contribution in [0.2, 0.25) is 0 Å². The molecular weight excluding hydrogens is 366 g/mol. The summed E-state index contributed by atoms with van der Waals surface area (Å²) in [6.07, 6.45) is 2.70. The number of benzene rings is 2. The quantitative estimate of drug-likeness (QED) is 0.641. The Bertz CT molecular complexity index is 925. The van der Waals surface area contributed by atoms with Gasteiger partial charge in [-0.1, -0.05) is 60.7 Å². The molecule has 0 aliphatic carbocycles. The average Bonchev–Trinajstić information content (AvgIpc) is 3.17. The summed E-state index contributed by atoms with van der Waals surface area (Å²) in [6.45, 7) is 2.19. The van der Waals surface area contributed by atoms with Crippen molar-refractivity contribution in [3.8, 4) is 0 Å². The lowest BCUT2D eigenvalue weighted by Gasteiger charge is -2.22. The Kier molecular flexibility index (Phi) is 6.34. The Hall–Kier alpha value is -2.96. The first kappa shape index (κ1) is 19.4. The van der Waals surface area contributed by atoms with Crippen molar-refractivity contribution < 1.29 is 14.3 Å². The van der Waals surface area contributed by atoms with Gasteiger partial charge < -0.3 is 14.8 Å². The van der Waals surface area contributed by atoms with Gasteiger partial charge in [0.05, 0.1) is 25.5 Å². The molecule has 1 atom stereocenters. The summed E-state index contributed by atoms with van der Waals surface area (Å²) in [6, 6.07) is 20.0. The second-order valence-electron chi connectivity index (χ2n) is 7.11. The van der Waals surface area contributed by atoms with Crippen molar-refractivity contribution in [2.24, 2.45) is 0 Å². The van der Waals surface area contributed by atoms with E-state index in [-0.39, 0.29) is 18.6 Å². The molecule has 0 saturated carbocycles. The molecule has 0 fully saturated rings. The number of nitrogens with one attached hydrogen (secondary N) is 1. The molecule has 0 spiro atoms. The smallest absolute Gasteiger partial charge is 0.246 e. The second-order valence-corrected chi connectivity index (χ2v) is 7.11. The zero-order chi connectivity index (χ0) is 19.9. The molecular formula is C23H25N3O3. The first-order chi connectivity index (χ1) is 14.3. The summed E-state index contributed by atoms with van der Waals surface area (Å²) in [5.74, 6) is -0.152. The largest absolute Gasteiger partial charge is 0.370 e. The van der Waals surface area contributed by atoms with Crippen LogP contribution < -0.4 is 5.32 Å². The van der Waals surface area contributed by atoms with Gasteiger partial charge in [-0.05, 0) is 23.1 Å². The summed E-state index contributed by atoms with van der Waals surface area (Å²) < 4.78 is 13.3. The van der Waals surface area contributed by atoms with Gasteiger partial charge in [-0.15, -0.1) is 0 Å². The predicted molar refractivity (Wildman–Crippen MR) is 109 cm³/mol. The SMILES string of the molecule is O=C(COCc1ccccc1)NC[C@H]1OCCc2cn(Cc3ccccc3)nc21. The maximum atomic E-state index is 12.1. The molecule has 2 aromatic carbocycles. The van der Waals surface area contributed by atoms with E-state index in [9.17, 15) is 4.79 Å². The Morgan fingerprint density at radius 3 is 2.59 bits per heavy atom. The lowest BCUT2D eigenvalue weighted by molar-refractivity contribution is -0.126. The van der Waals surface area contributed by atoms with Gasteiger partial charge in [-0.25, -0.2) is 0 Å². The number of carbonyl (C=O) groups is 1. The fourth-order valence-electron chi connectivity index (χ4n) is 3.43. The zero-order valence-corrected chi connectivity index (χ0v) is 16.3. The van der Waals surface area contributed by atoms with Crippen molar-refractivity contribution in [2.45, 2.75) is 25.7 Å². The van der Waals surface area contributed by atoms with Gasteiger partial charge in [0.25, 0.3) is 0 Å². The van der Waals surface area contributed by atoms with Crippen LogP contribution in [0.5, 0.6) is 0 Å². The molecule has 29 heavy (non-hydrogen) atoms. The van der Waals surface area contributed by atoms with Crippen LogP contribution in [0.15, 0.2) is 66.9 Å². The Morgan fingerprint density at radius 2 is 1.83 bits per heavy atom. The van der Waals surface area contributed by atoms with Crippen LogP contribution in [0.1, 0.15) is 28.5 Å². The van der Waals surface area contributed by atoms with Crippen LogP contribution in [0, 0.1) is 0 Å². The second kappa shape index (κ2) is 9.49. The standard InChI is InChI=1S/C23H25N3O3/c27-22(17-28-16-19-9-5-2-6-10-19)24-13-21-23-20(11-12-29-21)15-26(25-23)14-18-7-3-1-4-8-18/h1-10,15,21H,11-14,16-17H2,(H,24,27)/t21-/m1/s1. The fourth-order valence-corrected chi connectivity index (χ4v) is 3.43. The Morgan fingerprint density at radius 1 is 1.10 bits per heavy atom. The lowest BCUT2D eigenvalue weighted by atomic mass is 10.1.